The van der Waals surface area contributed by atoms with Crippen LogP contribution in [0.4, 0.5) is 13.2 Å². The van der Waals surface area contributed by atoms with Gasteiger partial charge in [-0.05, 0) is 27.7 Å². The highest BCUT2D eigenvalue weighted by Gasteiger charge is 2.25. The van der Waals surface area contributed by atoms with Crippen molar-refractivity contribution in [2.45, 2.75) is 39.4 Å². The van der Waals surface area contributed by atoms with E-state index >= 15 is 0 Å². The molecule has 0 aliphatic rings. The number of alkyl halides is 3. The van der Waals surface area contributed by atoms with E-state index in [0.29, 0.717) is 5.56 Å². The van der Waals surface area contributed by atoms with Gasteiger partial charge in [-0.15, -0.1) is 0 Å². The molecule has 0 radical (unpaired) electrons. The highest BCUT2D eigenvalue weighted by atomic mass is 19.4. The maximum absolute atomic E-state index is 12.5. The first-order chi connectivity index (χ1) is 8.57. The summed E-state index contributed by atoms with van der Waals surface area (Å²) in [5.41, 5.74) is 0.677. The fourth-order valence-corrected chi connectivity index (χ4v) is 1.25. The molecule has 1 aromatic rings. The van der Waals surface area contributed by atoms with Gasteiger partial charge in [0.15, 0.2) is 0 Å². The van der Waals surface area contributed by atoms with Gasteiger partial charge in [0.25, 0.3) is 0 Å². The van der Waals surface area contributed by atoms with Gasteiger partial charge in [-0.2, -0.15) is 23.4 Å². The molecule has 0 spiro atoms. The summed E-state index contributed by atoms with van der Waals surface area (Å²) >= 11 is 0. The first-order valence-corrected chi connectivity index (χ1v) is 5.86. The van der Waals surface area contributed by atoms with Crippen molar-refractivity contribution >= 4 is 5.70 Å². The minimum Gasteiger partial charge on any atom is -0.183 e. The van der Waals surface area contributed by atoms with Crippen LogP contribution < -0.4 is 0 Å². The molecule has 0 aromatic heterocycles. The van der Waals surface area contributed by atoms with Crippen LogP contribution in [0.1, 0.15) is 31.9 Å². The Labute approximate surface area is 111 Å². The van der Waals surface area contributed by atoms with Crippen LogP contribution in [-0.4, -0.2) is 11.7 Å². The first-order valence-electron chi connectivity index (χ1n) is 5.86. The van der Waals surface area contributed by atoms with Crippen molar-refractivity contribution in [1.82, 2.24) is 0 Å². The smallest absolute Gasteiger partial charge is 0.183 e. The van der Waals surface area contributed by atoms with Crippen molar-refractivity contribution in [3.8, 4) is 0 Å². The second-order valence-corrected chi connectivity index (χ2v) is 5.31. The number of benzene rings is 1. The summed E-state index contributed by atoms with van der Waals surface area (Å²) in [6.07, 6.45) is -4.25. The summed E-state index contributed by atoms with van der Waals surface area (Å²) < 4.78 is 37.5. The highest BCUT2D eigenvalue weighted by Crippen LogP contribution is 2.26. The lowest BCUT2D eigenvalue weighted by atomic mass is 10.1. The summed E-state index contributed by atoms with van der Waals surface area (Å²) in [5, 5.41) is 7.64. The van der Waals surface area contributed by atoms with Gasteiger partial charge in [0.2, 0.25) is 0 Å². The summed E-state index contributed by atoms with van der Waals surface area (Å²) in [6, 6.07) is 6.70. The Kier molecular flexibility index (Phi) is 4.50. The standard InChI is InChI=1S/C14H17F3N2/c1-10-5-7-11(8-6-10)12(9-14(15,16)17)18-19-13(2,3)4/h5-9H,1-4H3/b12-9-,19-18?. The van der Waals surface area contributed by atoms with Crippen molar-refractivity contribution in [3.63, 3.8) is 0 Å². The van der Waals surface area contributed by atoms with Gasteiger partial charge in [0.1, 0.15) is 0 Å². The van der Waals surface area contributed by atoms with E-state index in [4.69, 9.17) is 0 Å². The average Bonchev–Trinajstić information content (AvgIpc) is 2.23. The summed E-state index contributed by atoms with van der Waals surface area (Å²) in [7, 11) is 0. The molecule has 19 heavy (non-hydrogen) atoms. The molecule has 0 atom stereocenters. The Bertz CT molecular complexity index is 477. The van der Waals surface area contributed by atoms with Crippen molar-refractivity contribution < 1.29 is 13.2 Å². The number of azo groups is 1. The summed E-state index contributed by atoms with van der Waals surface area (Å²) in [4.78, 5) is 0. The Morgan fingerprint density at radius 3 is 2.00 bits per heavy atom. The van der Waals surface area contributed by atoms with Crippen LogP contribution in [0.25, 0.3) is 5.70 Å². The zero-order valence-electron chi connectivity index (χ0n) is 11.4. The Morgan fingerprint density at radius 1 is 1.05 bits per heavy atom. The molecule has 0 heterocycles. The third-order valence-corrected chi connectivity index (χ3v) is 2.11. The van der Waals surface area contributed by atoms with Crippen LogP contribution in [0.15, 0.2) is 40.6 Å². The van der Waals surface area contributed by atoms with Gasteiger partial charge in [-0.25, -0.2) is 0 Å². The molecule has 0 bridgehead atoms. The van der Waals surface area contributed by atoms with Crippen LogP contribution in [0, 0.1) is 6.92 Å². The van der Waals surface area contributed by atoms with Gasteiger partial charge in [0.05, 0.1) is 11.2 Å². The number of halogens is 3. The molecule has 2 nitrogen and oxygen atoms in total. The number of nitrogens with zero attached hydrogens (tertiary/aromatic N) is 2. The monoisotopic (exact) mass is 270 g/mol. The molecule has 0 aliphatic carbocycles. The average molecular weight is 270 g/mol. The van der Waals surface area contributed by atoms with Crippen LogP contribution in [0.3, 0.4) is 0 Å². The van der Waals surface area contributed by atoms with Gasteiger partial charge < -0.3 is 0 Å². The maximum Gasteiger partial charge on any atom is 0.411 e. The van der Waals surface area contributed by atoms with Gasteiger partial charge in [0, 0.05) is 11.6 Å². The lowest BCUT2D eigenvalue weighted by Crippen LogP contribution is -2.08. The molecule has 1 rings (SSSR count). The molecule has 0 aliphatic heterocycles. The minimum absolute atomic E-state index is 0.174. The van der Waals surface area contributed by atoms with E-state index in [-0.39, 0.29) is 11.8 Å². The Balaban J connectivity index is 3.17. The van der Waals surface area contributed by atoms with E-state index in [1.807, 2.05) is 6.92 Å². The molecular weight excluding hydrogens is 253 g/mol. The fraction of sp³-hybridized carbons (Fsp3) is 0.429. The van der Waals surface area contributed by atoms with Gasteiger partial charge in [-0.3, -0.25) is 0 Å². The third kappa shape index (κ3) is 6.18. The molecule has 1 aromatic carbocycles. The van der Waals surface area contributed by atoms with Crippen molar-refractivity contribution in [3.05, 3.63) is 41.5 Å². The maximum atomic E-state index is 12.5. The molecule has 0 amide bonds. The Hall–Kier alpha value is -1.65. The van der Waals surface area contributed by atoms with E-state index in [0.717, 1.165) is 5.56 Å². The van der Waals surface area contributed by atoms with Crippen LogP contribution in [0.2, 0.25) is 0 Å². The summed E-state index contributed by atoms with van der Waals surface area (Å²) in [6.45, 7) is 7.19. The molecule has 0 saturated heterocycles. The van der Waals surface area contributed by atoms with Gasteiger partial charge >= 0.3 is 6.18 Å². The fourth-order valence-electron chi connectivity index (χ4n) is 1.25. The second-order valence-electron chi connectivity index (χ2n) is 5.31. The van der Waals surface area contributed by atoms with Crippen molar-refractivity contribution in [2.75, 3.05) is 0 Å². The molecule has 0 saturated carbocycles. The molecule has 0 unspecified atom stereocenters. The van der Waals surface area contributed by atoms with Gasteiger partial charge in [-0.1, -0.05) is 29.8 Å². The van der Waals surface area contributed by atoms with E-state index in [1.165, 1.54) is 0 Å². The van der Waals surface area contributed by atoms with Crippen LogP contribution in [0.5, 0.6) is 0 Å². The summed E-state index contributed by atoms with van der Waals surface area (Å²) in [5.74, 6) is 0. The van der Waals surface area contributed by atoms with Crippen LogP contribution in [-0.2, 0) is 0 Å². The number of hydrogen-bond acceptors (Lipinski definition) is 2. The SMILES string of the molecule is Cc1ccc(/C(=C/C(F)(F)F)N=NC(C)(C)C)cc1. The van der Waals surface area contributed by atoms with Crippen LogP contribution >= 0.6 is 0 Å². The van der Waals surface area contributed by atoms with E-state index in [2.05, 4.69) is 10.2 Å². The topological polar surface area (TPSA) is 24.7 Å². The van der Waals surface area contributed by atoms with E-state index < -0.39 is 11.7 Å². The molecular formula is C14H17F3N2. The molecule has 5 heteroatoms. The predicted octanol–water partition coefficient (Wildman–Crippen LogP) is 5.15. The zero-order chi connectivity index (χ0) is 14.7. The highest BCUT2D eigenvalue weighted by molar-refractivity contribution is 5.64. The number of allylic oxidation sites excluding steroid dienone is 1. The zero-order valence-corrected chi connectivity index (χ0v) is 11.4. The van der Waals surface area contributed by atoms with Crippen molar-refractivity contribution in [2.24, 2.45) is 10.2 Å². The number of rotatable bonds is 2. The third-order valence-electron chi connectivity index (χ3n) is 2.11. The number of hydrogen-bond donors (Lipinski definition) is 0. The number of aryl methyl sites for hydroxylation is 1. The largest absolute Gasteiger partial charge is 0.411 e. The lowest BCUT2D eigenvalue weighted by Gasteiger charge is -2.11. The van der Waals surface area contributed by atoms with E-state index in [9.17, 15) is 13.2 Å². The first kappa shape index (κ1) is 15.4. The molecule has 0 N–H and O–H groups in total. The second kappa shape index (κ2) is 5.55. The normalized spacial score (nSPS) is 14.2. The molecule has 0 fully saturated rings. The lowest BCUT2D eigenvalue weighted by molar-refractivity contribution is -0.0794. The van der Waals surface area contributed by atoms with E-state index in [1.54, 1.807) is 45.0 Å². The Morgan fingerprint density at radius 2 is 1.58 bits per heavy atom. The predicted molar refractivity (Wildman–Crippen MR) is 69.8 cm³/mol. The quantitative estimate of drug-likeness (QED) is 0.664. The molecule has 104 valence electrons. The minimum atomic E-state index is -4.42. The van der Waals surface area contributed by atoms with Crippen molar-refractivity contribution in [1.29, 1.82) is 0 Å².